The molecule has 0 saturated heterocycles. The average molecular weight is 391 g/mol. The number of carbonyl (C=O) groups is 1. The van der Waals surface area contributed by atoms with Gasteiger partial charge in [0.1, 0.15) is 0 Å². The molecule has 1 fully saturated rings. The lowest BCUT2D eigenvalue weighted by Gasteiger charge is -2.24. The summed E-state index contributed by atoms with van der Waals surface area (Å²) < 4.78 is 12.3. The highest BCUT2D eigenvalue weighted by molar-refractivity contribution is 7.84. The maximum absolute atomic E-state index is 13.0. The number of amides is 1. The fourth-order valence-electron chi connectivity index (χ4n) is 3.49. The highest BCUT2D eigenvalue weighted by Crippen LogP contribution is 2.40. The van der Waals surface area contributed by atoms with E-state index in [0.29, 0.717) is 28.6 Å². The van der Waals surface area contributed by atoms with E-state index in [-0.39, 0.29) is 22.9 Å². The Labute approximate surface area is 159 Å². The molecule has 1 aliphatic heterocycles. The molecule has 0 spiro atoms. The van der Waals surface area contributed by atoms with Crippen LogP contribution >= 0.6 is 11.6 Å². The Morgan fingerprint density at radius 1 is 1.38 bits per heavy atom. The Kier molecular flexibility index (Phi) is 4.23. The third-order valence-electron chi connectivity index (χ3n) is 5.16. The number of nitrogen functional groups attached to an aromatic ring is 1. The van der Waals surface area contributed by atoms with Gasteiger partial charge in [-0.25, -0.2) is 9.97 Å². The van der Waals surface area contributed by atoms with Gasteiger partial charge in [-0.1, -0.05) is 11.6 Å². The fraction of sp³-hybridized carbons (Fsp3) is 0.389. The second-order valence-electron chi connectivity index (χ2n) is 6.91. The van der Waals surface area contributed by atoms with Crippen LogP contribution in [0.3, 0.4) is 0 Å². The lowest BCUT2D eigenvalue weighted by Crippen LogP contribution is -2.34. The fourth-order valence-corrected chi connectivity index (χ4v) is 4.43. The number of fused-ring (bicyclic) bond motifs is 1. The van der Waals surface area contributed by atoms with Crippen LogP contribution < -0.4 is 5.73 Å². The second kappa shape index (κ2) is 6.32. The van der Waals surface area contributed by atoms with Crippen molar-refractivity contribution in [1.82, 2.24) is 14.9 Å². The maximum atomic E-state index is 13.0. The van der Waals surface area contributed by atoms with Crippen molar-refractivity contribution in [2.24, 2.45) is 5.92 Å². The SMILES string of the molecule is CC(C1CC1)N1Cc2cc(-c3cnc(N)c(Cl)n3)cc(S(C)=O)c2C1=O. The summed E-state index contributed by atoms with van der Waals surface area (Å²) in [6, 6.07) is 3.86. The standard InChI is InChI=1S/C18H19ClN4O2S/c1-9(10-3-4-10)23-8-12-5-11(13-7-21-17(20)16(19)22-13)6-14(26(2)25)15(12)18(23)24/h5-7,9-10H,3-4,8H2,1-2H3,(H2,20,21). The Hall–Kier alpha value is -1.99. The first kappa shape index (κ1) is 17.4. The second-order valence-corrected chi connectivity index (χ2v) is 8.61. The van der Waals surface area contributed by atoms with Crippen LogP contribution in [0.5, 0.6) is 0 Å². The summed E-state index contributed by atoms with van der Waals surface area (Å²) in [5.41, 5.74) is 8.35. The van der Waals surface area contributed by atoms with Crippen molar-refractivity contribution >= 4 is 34.1 Å². The van der Waals surface area contributed by atoms with Crippen molar-refractivity contribution in [3.05, 3.63) is 34.6 Å². The molecule has 2 unspecified atom stereocenters. The van der Waals surface area contributed by atoms with E-state index in [1.54, 1.807) is 12.3 Å². The summed E-state index contributed by atoms with van der Waals surface area (Å²) >= 11 is 5.99. The van der Waals surface area contributed by atoms with Gasteiger partial charge in [0.15, 0.2) is 11.0 Å². The summed E-state index contributed by atoms with van der Waals surface area (Å²) in [4.78, 5) is 23.7. The number of halogens is 1. The first-order valence-electron chi connectivity index (χ1n) is 8.46. The zero-order valence-electron chi connectivity index (χ0n) is 14.5. The molecule has 0 radical (unpaired) electrons. The normalized spacial score (nSPS) is 18.7. The highest BCUT2D eigenvalue weighted by Gasteiger charge is 2.40. The van der Waals surface area contributed by atoms with Gasteiger partial charge in [0.25, 0.3) is 5.91 Å². The molecule has 2 atom stereocenters. The van der Waals surface area contributed by atoms with Gasteiger partial charge < -0.3 is 10.6 Å². The van der Waals surface area contributed by atoms with Crippen LogP contribution in [0, 0.1) is 5.92 Å². The smallest absolute Gasteiger partial charge is 0.255 e. The number of hydrogen-bond acceptors (Lipinski definition) is 5. The van der Waals surface area contributed by atoms with Gasteiger partial charge in [-0.2, -0.15) is 0 Å². The van der Waals surface area contributed by atoms with E-state index in [1.165, 1.54) is 19.0 Å². The average Bonchev–Trinajstić information content (AvgIpc) is 3.40. The van der Waals surface area contributed by atoms with Crippen molar-refractivity contribution in [3.63, 3.8) is 0 Å². The molecule has 136 valence electrons. The lowest BCUT2D eigenvalue weighted by molar-refractivity contribution is 0.0695. The molecule has 8 heteroatoms. The number of rotatable bonds is 4. The molecule has 1 amide bonds. The third-order valence-corrected chi connectivity index (χ3v) is 6.38. The summed E-state index contributed by atoms with van der Waals surface area (Å²) in [6.07, 6.45) is 5.45. The van der Waals surface area contributed by atoms with E-state index < -0.39 is 10.8 Å². The topological polar surface area (TPSA) is 89.2 Å². The Balaban J connectivity index is 1.80. The summed E-state index contributed by atoms with van der Waals surface area (Å²) in [7, 11) is -1.30. The van der Waals surface area contributed by atoms with Crippen molar-refractivity contribution in [1.29, 1.82) is 0 Å². The molecule has 2 N–H and O–H groups in total. The summed E-state index contributed by atoms with van der Waals surface area (Å²) in [5.74, 6) is 0.707. The molecule has 2 heterocycles. The first-order chi connectivity index (χ1) is 12.4. The number of anilines is 1. The van der Waals surface area contributed by atoms with E-state index in [2.05, 4.69) is 16.9 Å². The predicted molar refractivity (Wildman–Crippen MR) is 101 cm³/mol. The number of benzene rings is 1. The molecule has 2 aromatic rings. The van der Waals surface area contributed by atoms with Crippen LogP contribution in [0.4, 0.5) is 5.82 Å². The molecule has 1 aromatic carbocycles. The number of carbonyl (C=O) groups excluding carboxylic acids is 1. The highest BCUT2D eigenvalue weighted by atomic mass is 35.5. The number of aromatic nitrogens is 2. The van der Waals surface area contributed by atoms with Crippen LogP contribution in [0.2, 0.25) is 5.15 Å². The van der Waals surface area contributed by atoms with Crippen LogP contribution in [0.15, 0.2) is 23.2 Å². The minimum atomic E-state index is -1.30. The molecule has 1 aliphatic carbocycles. The molecule has 4 rings (SSSR count). The van der Waals surface area contributed by atoms with Crippen LogP contribution in [0.25, 0.3) is 11.3 Å². The first-order valence-corrected chi connectivity index (χ1v) is 10.4. The lowest BCUT2D eigenvalue weighted by atomic mass is 10.0. The summed E-state index contributed by atoms with van der Waals surface area (Å²) in [5, 5.41) is 0.127. The monoisotopic (exact) mass is 390 g/mol. The van der Waals surface area contributed by atoms with Crippen LogP contribution in [-0.4, -0.2) is 37.3 Å². The number of nitrogens with zero attached hydrogens (tertiary/aromatic N) is 3. The van der Waals surface area contributed by atoms with Crippen molar-refractivity contribution in [3.8, 4) is 11.3 Å². The van der Waals surface area contributed by atoms with Gasteiger partial charge in [-0.05, 0) is 43.4 Å². The van der Waals surface area contributed by atoms with Crippen molar-refractivity contribution < 1.29 is 9.00 Å². The zero-order valence-corrected chi connectivity index (χ0v) is 16.1. The molecule has 1 saturated carbocycles. The Bertz CT molecular complexity index is 945. The molecule has 0 bridgehead atoms. The Morgan fingerprint density at radius 2 is 2.12 bits per heavy atom. The van der Waals surface area contributed by atoms with Crippen molar-refractivity contribution in [2.75, 3.05) is 12.0 Å². The van der Waals surface area contributed by atoms with Gasteiger partial charge in [0, 0.05) is 24.4 Å². The summed E-state index contributed by atoms with van der Waals surface area (Å²) in [6.45, 7) is 2.62. The molecule has 6 nitrogen and oxygen atoms in total. The van der Waals surface area contributed by atoms with E-state index in [9.17, 15) is 9.00 Å². The van der Waals surface area contributed by atoms with Gasteiger partial charge in [-0.15, -0.1) is 0 Å². The quantitative estimate of drug-likeness (QED) is 0.866. The predicted octanol–water partition coefficient (Wildman–Crippen LogP) is 2.87. The van der Waals surface area contributed by atoms with E-state index in [0.717, 1.165) is 11.1 Å². The molecule has 26 heavy (non-hydrogen) atoms. The minimum Gasteiger partial charge on any atom is -0.381 e. The van der Waals surface area contributed by atoms with Crippen molar-refractivity contribution in [2.45, 2.75) is 37.2 Å². The van der Waals surface area contributed by atoms with E-state index in [1.807, 2.05) is 11.0 Å². The minimum absolute atomic E-state index is 0.0300. The molecule has 2 aliphatic rings. The third kappa shape index (κ3) is 2.89. The van der Waals surface area contributed by atoms with E-state index >= 15 is 0 Å². The molecule has 1 aromatic heterocycles. The molecular weight excluding hydrogens is 372 g/mol. The van der Waals surface area contributed by atoms with Gasteiger partial charge in [0.05, 0.1) is 33.1 Å². The van der Waals surface area contributed by atoms with Crippen LogP contribution in [-0.2, 0) is 17.3 Å². The number of hydrogen-bond donors (Lipinski definition) is 1. The maximum Gasteiger partial charge on any atom is 0.255 e. The van der Waals surface area contributed by atoms with E-state index in [4.69, 9.17) is 17.3 Å². The zero-order chi connectivity index (χ0) is 18.6. The van der Waals surface area contributed by atoms with Gasteiger partial charge >= 0.3 is 0 Å². The number of nitrogens with two attached hydrogens (primary N) is 1. The van der Waals surface area contributed by atoms with Crippen LogP contribution in [0.1, 0.15) is 35.7 Å². The molecular formula is C18H19ClN4O2S. The Morgan fingerprint density at radius 3 is 2.73 bits per heavy atom. The largest absolute Gasteiger partial charge is 0.381 e. The van der Waals surface area contributed by atoms with Gasteiger partial charge in [-0.3, -0.25) is 9.00 Å². The van der Waals surface area contributed by atoms with Gasteiger partial charge in [0.2, 0.25) is 0 Å².